The highest BCUT2D eigenvalue weighted by molar-refractivity contribution is 6.30. The number of nitrogens with one attached hydrogen (secondary N) is 2. The molecule has 5 aromatic rings. The number of carbonyl (C=O) groups excluding carboxylic acids is 1. The number of nitrogens with zero attached hydrogens (tertiary/aromatic N) is 2. The Morgan fingerprint density at radius 1 is 1.00 bits per heavy atom. The summed E-state index contributed by atoms with van der Waals surface area (Å²) in [5.41, 5.74) is 7.61. The van der Waals surface area contributed by atoms with Crippen LogP contribution in [0.25, 0.3) is 22.4 Å². The number of carbonyl (C=O) groups is 1. The van der Waals surface area contributed by atoms with Crippen LogP contribution in [0.5, 0.6) is 0 Å². The second kappa shape index (κ2) is 9.72. The van der Waals surface area contributed by atoms with Crippen LogP contribution in [-0.2, 0) is 11.2 Å². The predicted octanol–water partition coefficient (Wildman–Crippen LogP) is 6.34. The summed E-state index contributed by atoms with van der Waals surface area (Å²) in [5, 5.41) is 3.91. The molecule has 3 aromatic carbocycles. The summed E-state index contributed by atoms with van der Waals surface area (Å²) in [5.74, 6) is 0.713. The largest absolute Gasteiger partial charge is 0.345 e. The van der Waals surface area contributed by atoms with Gasteiger partial charge >= 0.3 is 0 Å². The van der Waals surface area contributed by atoms with E-state index >= 15 is 0 Å². The van der Waals surface area contributed by atoms with E-state index < -0.39 is 0 Å². The molecule has 5 rings (SSSR count). The van der Waals surface area contributed by atoms with Crippen molar-refractivity contribution in [1.82, 2.24) is 20.3 Å². The maximum Gasteiger partial charge on any atom is 0.225 e. The first-order chi connectivity index (χ1) is 17.0. The number of fused-ring (bicyclic) bond motifs is 1. The maximum absolute atomic E-state index is 13.2. The lowest BCUT2D eigenvalue weighted by Gasteiger charge is -2.22. The number of hydrogen-bond acceptors (Lipinski definition) is 3. The van der Waals surface area contributed by atoms with Gasteiger partial charge in [-0.25, -0.2) is 4.98 Å². The summed E-state index contributed by atoms with van der Waals surface area (Å²) in [6, 6.07) is 25.3. The molecule has 0 aliphatic rings. The van der Waals surface area contributed by atoms with E-state index in [9.17, 15) is 4.79 Å². The minimum Gasteiger partial charge on any atom is -0.345 e. The highest BCUT2D eigenvalue weighted by Crippen LogP contribution is 2.28. The maximum atomic E-state index is 13.2. The molecule has 6 heteroatoms. The molecule has 0 saturated carbocycles. The molecule has 174 valence electrons. The minimum absolute atomic E-state index is 0.0598. The number of benzene rings is 3. The fourth-order valence-electron chi connectivity index (χ4n) is 4.38. The number of aromatic amines is 1. The first-order valence-corrected chi connectivity index (χ1v) is 11.9. The van der Waals surface area contributed by atoms with Gasteiger partial charge in [0.15, 0.2) is 0 Å². The van der Waals surface area contributed by atoms with Gasteiger partial charge in [-0.05, 0) is 72.5 Å². The Balaban J connectivity index is 1.39. The molecule has 2 N–H and O–H groups in total. The highest BCUT2D eigenvalue weighted by atomic mass is 35.5. The number of imidazole rings is 1. The molecule has 1 unspecified atom stereocenters. The van der Waals surface area contributed by atoms with Crippen molar-refractivity contribution in [2.75, 3.05) is 0 Å². The summed E-state index contributed by atoms with van der Waals surface area (Å²) < 4.78 is 0. The monoisotopic (exact) mass is 480 g/mol. The Morgan fingerprint density at radius 3 is 2.60 bits per heavy atom. The predicted molar refractivity (Wildman–Crippen MR) is 140 cm³/mol. The van der Waals surface area contributed by atoms with Gasteiger partial charge in [-0.1, -0.05) is 54.1 Å². The van der Waals surface area contributed by atoms with Crippen molar-refractivity contribution >= 4 is 28.5 Å². The van der Waals surface area contributed by atoms with Crippen molar-refractivity contribution in [3.63, 3.8) is 0 Å². The van der Waals surface area contributed by atoms with Crippen LogP contribution in [0.4, 0.5) is 0 Å². The van der Waals surface area contributed by atoms with Crippen LogP contribution >= 0.6 is 11.6 Å². The smallest absolute Gasteiger partial charge is 0.225 e. The molecule has 0 saturated heterocycles. The normalized spacial score (nSPS) is 12.0. The third kappa shape index (κ3) is 4.96. The molecule has 0 aliphatic carbocycles. The van der Waals surface area contributed by atoms with Crippen LogP contribution in [0.15, 0.2) is 85.1 Å². The molecule has 0 spiro atoms. The number of hydrogen-bond donors (Lipinski definition) is 2. The quantitative estimate of drug-likeness (QED) is 0.298. The van der Waals surface area contributed by atoms with Gasteiger partial charge in [0.25, 0.3) is 0 Å². The molecular weight excluding hydrogens is 456 g/mol. The first-order valence-electron chi connectivity index (χ1n) is 11.5. The lowest BCUT2D eigenvalue weighted by molar-refractivity contribution is -0.120. The number of aromatic nitrogens is 3. The summed E-state index contributed by atoms with van der Waals surface area (Å²) in [6.45, 7) is 3.97. The van der Waals surface area contributed by atoms with E-state index in [0.717, 1.165) is 50.4 Å². The van der Waals surface area contributed by atoms with Crippen molar-refractivity contribution in [2.45, 2.75) is 26.3 Å². The zero-order chi connectivity index (χ0) is 24.4. The third-order valence-electron chi connectivity index (χ3n) is 6.15. The molecule has 1 amide bonds. The lowest BCUT2D eigenvalue weighted by atomic mass is 9.94. The fraction of sp³-hybridized carbons (Fsp3) is 0.138. The van der Waals surface area contributed by atoms with Crippen LogP contribution in [0.1, 0.15) is 34.0 Å². The van der Waals surface area contributed by atoms with E-state index in [-0.39, 0.29) is 18.4 Å². The van der Waals surface area contributed by atoms with Gasteiger partial charge in [-0.15, -0.1) is 0 Å². The van der Waals surface area contributed by atoms with Crippen molar-refractivity contribution in [2.24, 2.45) is 0 Å². The average Bonchev–Trinajstić information content (AvgIpc) is 3.27. The van der Waals surface area contributed by atoms with E-state index in [0.29, 0.717) is 5.02 Å². The van der Waals surface area contributed by atoms with E-state index in [1.165, 1.54) is 0 Å². The molecule has 0 fully saturated rings. The van der Waals surface area contributed by atoms with Gasteiger partial charge < -0.3 is 10.3 Å². The molecule has 0 radical (unpaired) electrons. The topological polar surface area (TPSA) is 70.7 Å². The molecular formula is C29H25ClN4O. The van der Waals surface area contributed by atoms with E-state index in [1.54, 1.807) is 6.20 Å². The van der Waals surface area contributed by atoms with Gasteiger partial charge in [0.2, 0.25) is 5.91 Å². The summed E-state index contributed by atoms with van der Waals surface area (Å²) >= 11 is 6.18. The Labute approximate surface area is 209 Å². The van der Waals surface area contributed by atoms with E-state index in [2.05, 4.69) is 15.3 Å². The summed E-state index contributed by atoms with van der Waals surface area (Å²) in [6.07, 6.45) is 2.03. The molecule has 5 nitrogen and oxygen atoms in total. The van der Waals surface area contributed by atoms with Crippen LogP contribution < -0.4 is 5.32 Å². The van der Waals surface area contributed by atoms with E-state index in [1.807, 2.05) is 92.7 Å². The number of aryl methyl sites for hydroxylation is 2. The Morgan fingerprint density at radius 2 is 1.83 bits per heavy atom. The van der Waals surface area contributed by atoms with Gasteiger partial charge in [0.1, 0.15) is 5.82 Å². The van der Waals surface area contributed by atoms with Gasteiger partial charge in [-0.2, -0.15) is 0 Å². The van der Waals surface area contributed by atoms with Gasteiger partial charge in [0.05, 0.1) is 23.5 Å². The summed E-state index contributed by atoms with van der Waals surface area (Å²) in [7, 11) is 0. The van der Waals surface area contributed by atoms with Crippen molar-refractivity contribution in [3.8, 4) is 11.4 Å². The van der Waals surface area contributed by atoms with Gasteiger partial charge in [0, 0.05) is 22.5 Å². The molecule has 1 atom stereocenters. The Hall–Kier alpha value is -3.96. The summed E-state index contributed by atoms with van der Waals surface area (Å²) in [4.78, 5) is 25.6. The number of rotatable bonds is 6. The minimum atomic E-state index is -0.267. The number of H-pyrrole nitrogens is 1. The third-order valence-corrected chi connectivity index (χ3v) is 6.39. The molecule has 2 aromatic heterocycles. The van der Waals surface area contributed by atoms with Crippen LogP contribution in [0.2, 0.25) is 5.02 Å². The molecule has 0 bridgehead atoms. The highest BCUT2D eigenvalue weighted by Gasteiger charge is 2.19. The fourth-order valence-corrected chi connectivity index (χ4v) is 4.60. The number of amides is 1. The first kappa shape index (κ1) is 22.8. The molecule has 0 aliphatic heterocycles. The Bertz CT molecular complexity index is 1510. The molecule has 2 heterocycles. The van der Waals surface area contributed by atoms with Crippen LogP contribution in [-0.4, -0.2) is 20.9 Å². The second-order valence-electron chi connectivity index (χ2n) is 8.66. The number of halogens is 1. The van der Waals surface area contributed by atoms with Crippen molar-refractivity contribution in [3.05, 3.63) is 118 Å². The van der Waals surface area contributed by atoms with Crippen LogP contribution in [0, 0.1) is 13.8 Å². The average molecular weight is 481 g/mol. The molecule has 35 heavy (non-hydrogen) atoms. The zero-order valence-corrected chi connectivity index (χ0v) is 20.3. The SMILES string of the molecule is Cc1cc(Cl)ccc1C(NC(=O)Cc1ccc2nc(-c3cccnc3C)[nH]c2c1)c1ccccc1. The standard InChI is InChI=1S/C29H25ClN4O/c1-18-15-22(30)11-12-23(18)28(21-7-4-3-5-8-21)34-27(35)17-20-10-13-25-26(16-20)33-29(32-25)24-9-6-14-31-19(24)2/h3-16,28H,17H2,1-2H3,(H,32,33)(H,34,35). The number of pyridine rings is 1. The van der Waals surface area contributed by atoms with Crippen molar-refractivity contribution in [1.29, 1.82) is 0 Å². The zero-order valence-electron chi connectivity index (χ0n) is 19.5. The Kier molecular flexibility index (Phi) is 6.34. The second-order valence-corrected chi connectivity index (χ2v) is 9.10. The van der Waals surface area contributed by atoms with Crippen molar-refractivity contribution < 1.29 is 4.79 Å². The van der Waals surface area contributed by atoms with E-state index in [4.69, 9.17) is 16.6 Å². The van der Waals surface area contributed by atoms with Crippen LogP contribution in [0.3, 0.4) is 0 Å². The lowest BCUT2D eigenvalue weighted by Crippen LogP contribution is -2.31. The van der Waals surface area contributed by atoms with Gasteiger partial charge in [-0.3, -0.25) is 9.78 Å².